The molecule has 3 nitrogen and oxygen atoms in total. The van der Waals surface area contributed by atoms with Gasteiger partial charge in [-0.15, -0.1) is 6.58 Å². The average molecular weight is 204 g/mol. The fourth-order valence-corrected chi connectivity index (χ4v) is 0.150. The van der Waals surface area contributed by atoms with Crippen molar-refractivity contribution in [1.82, 2.24) is 0 Å². The van der Waals surface area contributed by atoms with Crippen LogP contribution in [0.4, 0.5) is 0 Å². The molecule has 0 spiro atoms. The molecule has 0 radical (unpaired) electrons. The molecule has 14 heavy (non-hydrogen) atoms. The third-order valence-electron chi connectivity index (χ3n) is 1.76. The minimum absolute atomic E-state index is 0.181. The van der Waals surface area contributed by atoms with Crippen LogP contribution in [0.5, 0.6) is 0 Å². The molecule has 3 N–H and O–H groups in total. The molecule has 0 amide bonds. The van der Waals surface area contributed by atoms with Crippen molar-refractivity contribution in [2.24, 2.45) is 10.8 Å². The molecule has 0 saturated carbocycles. The molecule has 0 aromatic heterocycles. The van der Waals surface area contributed by atoms with Crippen molar-refractivity contribution >= 4 is 0 Å². The first-order chi connectivity index (χ1) is 6.24. The topological polar surface area (TPSA) is 60.7 Å². The van der Waals surface area contributed by atoms with Gasteiger partial charge in [-0.3, -0.25) is 0 Å². The van der Waals surface area contributed by atoms with Crippen molar-refractivity contribution < 1.29 is 15.3 Å². The van der Waals surface area contributed by atoms with Crippen LogP contribution in [0.25, 0.3) is 0 Å². The Morgan fingerprint density at radius 2 is 1.14 bits per heavy atom. The van der Waals surface area contributed by atoms with Crippen molar-refractivity contribution in [3.05, 3.63) is 12.7 Å². The zero-order valence-corrected chi connectivity index (χ0v) is 9.75. The molecule has 0 rings (SSSR count). The van der Waals surface area contributed by atoms with Crippen LogP contribution in [0.2, 0.25) is 0 Å². The van der Waals surface area contributed by atoms with Crippen molar-refractivity contribution in [1.29, 1.82) is 0 Å². The van der Waals surface area contributed by atoms with E-state index in [0.29, 0.717) is 5.41 Å². The number of rotatable bonds is 3. The molecule has 0 aromatic carbocycles. The Bertz CT molecular complexity index is 135. The maximum absolute atomic E-state index is 8.47. The second kappa shape index (κ2) is 6.98. The molecular formula is C11H24O3. The van der Waals surface area contributed by atoms with Crippen molar-refractivity contribution in [3.63, 3.8) is 0 Å². The van der Waals surface area contributed by atoms with Crippen molar-refractivity contribution in [2.45, 2.75) is 27.7 Å². The largest absolute Gasteiger partial charge is 0.396 e. The van der Waals surface area contributed by atoms with Crippen molar-refractivity contribution in [2.75, 3.05) is 19.8 Å². The standard InChI is InChI=1S/C6H12.C5H12O3/c1-5-6(2,3)4;1-5(2-6,3-7)4-8/h5H,1H2,2-4H3;6-8H,2-4H2,1H3. The lowest BCUT2D eigenvalue weighted by atomic mass is 9.95. The lowest BCUT2D eigenvalue weighted by molar-refractivity contribution is 0.0200. The lowest BCUT2D eigenvalue weighted by Gasteiger charge is -2.20. The van der Waals surface area contributed by atoms with E-state index in [-0.39, 0.29) is 19.8 Å². The van der Waals surface area contributed by atoms with Crippen LogP contribution in [0.1, 0.15) is 27.7 Å². The Hall–Kier alpha value is -0.380. The van der Waals surface area contributed by atoms with E-state index in [0.717, 1.165) is 0 Å². The summed E-state index contributed by atoms with van der Waals surface area (Å²) in [7, 11) is 0. The fourth-order valence-electron chi connectivity index (χ4n) is 0.150. The normalized spacial score (nSPS) is 11.6. The maximum Gasteiger partial charge on any atom is 0.0528 e. The summed E-state index contributed by atoms with van der Waals surface area (Å²) in [5, 5.41) is 25.4. The molecule has 0 aliphatic rings. The number of aliphatic hydroxyl groups is 3. The Labute approximate surface area is 87.1 Å². The van der Waals surface area contributed by atoms with Crippen molar-refractivity contribution in [3.8, 4) is 0 Å². The summed E-state index contributed by atoms with van der Waals surface area (Å²) in [5.74, 6) is 0. The molecule has 0 bridgehead atoms. The number of allylic oxidation sites excluding steroid dienone is 1. The van der Waals surface area contributed by atoms with Gasteiger partial charge in [0.25, 0.3) is 0 Å². The first kappa shape index (κ1) is 16.1. The average Bonchev–Trinajstić information content (AvgIpc) is 2.16. The van der Waals surface area contributed by atoms with E-state index < -0.39 is 5.41 Å². The molecule has 0 fully saturated rings. The van der Waals surface area contributed by atoms with Crippen LogP contribution in [0.3, 0.4) is 0 Å². The van der Waals surface area contributed by atoms with Gasteiger partial charge in [0.05, 0.1) is 19.8 Å². The third-order valence-corrected chi connectivity index (χ3v) is 1.76. The van der Waals surface area contributed by atoms with Gasteiger partial charge >= 0.3 is 0 Å². The first-order valence-electron chi connectivity index (χ1n) is 4.71. The summed E-state index contributed by atoms with van der Waals surface area (Å²) in [4.78, 5) is 0. The van der Waals surface area contributed by atoms with E-state index in [1.54, 1.807) is 6.92 Å². The van der Waals surface area contributed by atoms with Gasteiger partial charge in [0.15, 0.2) is 0 Å². The summed E-state index contributed by atoms with van der Waals surface area (Å²) in [6.45, 7) is 11.1. The van der Waals surface area contributed by atoms with Gasteiger partial charge in [-0.25, -0.2) is 0 Å². The van der Waals surface area contributed by atoms with Crippen LogP contribution < -0.4 is 0 Å². The van der Waals surface area contributed by atoms with E-state index in [9.17, 15) is 0 Å². The highest BCUT2D eigenvalue weighted by Gasteiger charge is 2.20. The minimum atomic E-state index is -0.708. The highest BCUT2D eigenvalue weighted by Crippen LogP contribution is 2.12. The van der Waals surface area contributed by atoms with Gasteiger partial charge in [0.1, 0.15) is 0 Å². The number of hydrogen-bond donors (Lipinski definition) is 3. The fraction of sp³-hybridized carbons (Fsp3) is 0.818. The second-order valence-electron chi connectivity index (χ2n) is 4.86. The predicted molar refractivity (Wildman–Crippen MR) is 59.0 cm³/mol. The van der Waals surface area contributed by atoms with Crippen LogP contribution in [-0.2, 0) is 0 Å². The maximum atomic E-state index is 8.47. The lowest BCUT2D eigenvalue weighted by Crippen LogP contribution is -2.29. The molecule has 0 atom stereocenters. The molecule has 0 aliphatic carbocycles. The number of aliphatic hydroxyl groups excluding tert-OH is 3. The van der Waals surface area contributed by atoms with Crippen LogP contribution in [-0.4, -0.2) is 35.1 Å². The summed E-state index contributed by atoms with van der Waals surface area (Å²) >= 11 is 0. The van der Waals surface area contributed by atoms with Gasteiger partial charge in [-0.2, -0.15) is 0 Å². The monoisotopic (exact) mass is 204 g/mol. The quantitative estimate of drug-likeness (QED) is 0.605. The van der Waals surface area contributed by atoms with E-state index in [2.05, 4.69) is 27.4 Å². The molecule has 0 aliphatic heterocycles. The molecule has 0 aromatic rings. The molecule has 3 heteroatoms. The van der Waals surface area contributed by atoms with E-state index in [1.165, 1.54) is 0 Å². The van der Waals surface area contributed by atoms with E-state index >= 15 is 0 Å². The molecule has 0 saturated heterocycles. The Balaban J connectivity index is 0. The summed E-state index contributed by atoms with van der Waals surface area (Å²) in [6, 6.07) is 0. The number of hydrogen-bond acceptors (Lipinski definition) is 3. The van der Waals surface area contributed by atoms with Gasteiger partial charge in [0, 0.05) is 5.41 Å². The molecule has 0 heterocycles. The van der Waals surface area contributed by atoms with Gasteiger partial charge in [0.2, 0.25) is 0 Å². The zero-order chi connectivity index (χ0) is 11.8. The van der Waals surface area contributed by atoms with E-state index in [4.69, 9.17) is 15.3 Å². The summed E-state index contributed by atoms with van der Waals surface area (Å²) < 4.78 is 0. The Morgan fingerprint density at radius 1 is 0.929 bits per heavy atom. The van der Waals surface area contributed by atoms with Gasteiger partial charge in [-0.05, 0) is 5.41 Å². The predicted octanol–water partition coefficient (Wildman–Crippen LogP) is 1.19. The minimum Gasteiger partial charge on any atom is -0.396 e. The smallest absolute Gasteiger partial charge is 0.0528 e. The summed E-state index contributed by atoms with van der Waals surface area (Å²) in [5.41, 5.74) is -0.403. The summed E-state index contributed by atoms with van der Waals surface area (Å²) in [6.07, 6.45) is 1.94. The zero-order valence-electron chi connectivity index (χ0n) is 9.75. The van der Waals surface area contributed by atoms with Crippen LogP contribution >= 0.6 is 0 Å². The highest BCUT2D eigenvalue weighted by molar-refractivity contribution is 4.82. The highest BCUT2D eigenvalue weighted by atomic mass is 16.3. The Morgan fingerprint density at radius 3 is 1.14 bits per heavy atom. The van der Waals surface area contributed by atoms with Gasteiger partial charge in [-0.1, -0.05) is 33.8 Å². The van der Waals surface area contributed by atoms with Gasteiger partial charge < -0.3 is 15.3 Å². The molecular weight excluding hydrogens is 180 g/mol. The Kier molecular flexibility index (Phi) is 8.01. The second-order valence-corrected chi connectivity index (χ2v) is 4.86. The first-order valence-corrected chi connectivity index (χ1v) is 4.71. The SMILES string of the molecule is C=CC(C)(C)C.CC(CO)(CO)CO. The third kappa shape index (κ3) is 9.71. The van der Waals surface area contributed by atoms with E-state index in [1.807, 2.05) is 6.08 Å². The molecule has 0 unspecified atom stereocenters. The van der Waals surface area contributed by atoms with Crippen LogP contribution in [0, 0.1) is 10.8 Å². The molecule has 86 valence electrons. The van der Waals surface area contributed by atoms with Crippen LogP contribution in [0.15, 0.2) is 12.7 Å².